The summed E-state index contributed by atoms with van der Waals surface area (Å²) in [5.41, 5.74) is 3.13. The van der Waals surface area contributed by atoms with E-state index in [1.807, 2.05) is 45.0 Å². The standard InChI is InChI=1S/C23H27NO5S/c1-7-28-23(25)19(13-24)10-18-12-21(30(26,27)29-15(4)5)22-16(6)8-9-17(14(2)3)11-20(18)22/h8-12,14-15H,7H2,1-6H3/b19-10+. The number of fused-ring (bicyclic) bond motifs is 1. The maximum Gasteiger partial charge on any atom is 0.348 e. The van der Waals surface area contributed by atoms with Crippen molar-refractivity contribution in [3.05, 3.63) is 46.5 Å². The Morgan fingerprint density at radius 1 is 1.20 bits per heavy atom. The molecule has 2 aliphatic rings. The van der Waals surface area contributed by atoms with E-state index in [9.17, 15) is 18.5 Å². The van der Waals surface area contributed by atoms with Gasteiger partial charge in [0.15, 0.2) is 0 Å². The van der Waals surface area contributed by atoms with Crippen LogP contribution >= 0.6 is 0 Å². The van der Waals surface area contributed by atoms with Gasteiger partial charge in [-0.1, -0.05) is 32.0 Å². The molecule has 0 saturated carbocycles. The summed E-state index contributed by atoms with van der Waals surface area (Å²) in [5, 5.41) is 9.43. The molecule has 0 fully saturated rings. The summed E-state index contributed by atoms with van der Waals surface area (Å²) in [4.78, 5) is 12.1. The van der Waals surface area contributed by atoms with Gasteiger partial charge in [0.05, 0.1) is 12.7 Å². The molecule has 0 atom stereocenters. The average Bonchev–Trinajstić information content (AvgIpc) is 2.91. The lowest BCUT2D eigenvalue weighted by atomic mass is 10.0. The molecule has 0 aliphatic heterocycles. The van der Waals surface area contributed by atoms with Gasteiger partial charge in [-0.2, -0.15) is 13.7 Å². The number of carbonyl (C=O) groups excluding carboxylic acids is 1. The van der Waals surface area contributed by atoms with E-state index in [4.69, 9.17) is 8.92 Å². The van der Waals surface area contributed by atoms with Crippen LogP contribution in [0.2, 0.25) is 0 Å². The van der Waals surface area contributed by atoms with Crippen LogP contribution in [0.5, 0.6) is 0 Å². The van der Waals surface area contributed by atoms with E-state index in [1.54, 1.807) is 20.8 Å². The Kier molecular flexibility index (Phi) is 7.40. The van der Waals surface area contributed by atoms with E-state index in [-0.39, 0.29) is 23.0 Å². The number of nitriles is 1. The number of carbonyl (C=O) groups is 1. The smallest absolute Gasteiger partial charge is 0.348 e. The second kappa shape index (κ2) is 9.41. The molecular weight excluding hydrogens is 402 g/mol. The third-order valence-corrected chi connectivity index (χ3v) is 6.01. The zero-order chi connectivity index (χ0) is 22.6. The molecule has 0 bridgehead atoms. The van der Waals surface area contributed by atoms with Gasteiger partial charge in [-0.05, 0) is 68.0 Å². The van der Waals surface area contributed by atoms with E-state index in [2.05, 4.69) is 0 Å². The Morgan fingerprint density at radius 2 is 1.87 bits per heavy atom. The highest BCUT2D eigenvalue weighted by molar-refractivity contribution is 7.87. The van der Waals surface area contributed by atoms with Gasteiger partial charge in [0, 0.05) is 5.56 Å². The highest BCUT2D eigenvalue weighted by atomic mass is 32.2. The van der Waals surface area contributed by atoms with Crippen LogP contribution in [-0.2, 0) is 23.8 Å². The summed E-state index contributed by atoms with van der Waals surface area (Å²) in [7, 11) is -4.05. The molecule has 0 unspecified atom stereocenters. The largest absolute Gasteiger partial charge is 0.462 e. The van der Waals surface area contributed by atoms with Crippen LogP contribution in [0, 0.1) is 18.3 Å². The molecule has 0 aromatic carbocycles. The highest BCUT2D eigenvalue weighted by Crippen LogP contribution is 2.40. The van der Waals surface area contributed by atoms with Gasteiger partial charge in [0.25, 0.3) is 10.1 Å². The first-order chi connectivity index (χ1) is 14.0. The van der Waals surface area contributed by atoms with Crippen molar-refractivity contribution in [1.29, 1.82) is 5.26 Å². The lowest BCUT2D eigenvalue weighted by Crippen LogP contribution is -2.12. The van der Waals surface area contributed by atoms with E-state index in [1.165, 1.54) is 12.1 Å². The van der Waals surface area contributed by atoms with Crippen molar-refractivity contribution in [1.82, 2.24) is 0 Å². The lowest BCUT2D eigenvalue weighted by molar-refractivity contribution is -0.137. The fourth-order valence-corrected chi connectivity index (χ4v) is 4.53. The first-order valence-corrected chi connectivity index (χ1v) is 11.2. The number of ether oxygens (including phenoxy) is 1. The van der Waals surface area contributed by atoms with Crippen molar-refractivity contribution in [2.24, 2.45) is 0 Å². The molecule has 0 aromatic heterocycles. The Hall–Kier alpha value is -2.69. The summed E-state index contributed by atoms with van der Waals surface area (Å²) in [6.45, 7) is 11.0. The maximum absolute atomic E-state index is 12.9. The topological polar surface area (TPSA) is 93.5 Å². The minimum Gasteiger partial charge on any atom is -0.462 e. The van der Waals surface area contributed by atoms with Crippen molar-refractivity contribution >= 4 is 22.2 Å². The molecule has 2 aliphatic carbocycles. The molecule has 2 rings (SSSR count). The lowest BCUT2D eigenvalue weighted by Gasteiger charge is -2.10. The van der Waals surface area contributed by atoms with Gasteiger partial charge in [0.1, 0.15) is 16.5 Å². The molecule has 0 amide bonds. The fourth-order valence-electron chi connectivity index (χ4n) is 3.13. The zero-order valence-electron chi connectivity index (χ0n) is 18.1. The highest BCUT2D eigenvalue weighted by Gasteiger charge is 2.28. The number of nitrogens with zero attached hydrogens (tertiary/aromatic N) is 1. The maximum atomic E-state index is 12.9. The van der Waals surface area contributed by atoms with Gasteiger partial charge in [-0.15, -0.1) is 0 Å². The summed E-state index contributed by atoms with van der Waals surface area (Å²) in [6.07, 6.45) is 0.843. The van der Waals surface area contributed by atoms with Crippen molar-refractivity contribution in [2.45, 2.75) is 58.5 Å². The molecule has 30 heavy (non-hydrogen) atoms. The van der Waals surface area contributed by atoms with Crippen molar-refractivity contribution in [3.8, 4) is 17.2 Å². The minimum absolute atomic E-state index is 0.0157. The zero-order valence-corrected chi connectivity index (χ0v) is 19.0. The fraction of sp³-hybridized carbons (Fsp3) is 0.391. The molecule has 6 nitrogen and oxygen atoms in total. The molecule has 160 valence electrons. The predicted octanol–water partition coefficient (Wildman–Crippen LogP) is 4.81. The SMILES string of the molecule is CCOC(=O)/C(C#N)=C/c1cc(S(=O)(=O)OC(C)C)c2c(C)ccc(C(C)C)cc1-2. The van der Waals surface area contributed by atoms with E-state index in [0.717, 1.165) is 11.1 Å². The monoisotopic (exact) mass is 429 g/mol. The van der Waals surface area contributed by atoms with Crippen molar-refractivity contribution in [2.75, 3.05) is 6.61 Å². The molecule has 0 N–H and O–H groups in total. The number of esters is 1. The quantitative estimate of drug-likeness (QED) is 0.271. The van der Waals surface area contributed by atoms with Gasteiger partial charge >= 0.3 is 5.97 Å². The Bertz CT molecular complexity index is 1090. The average molecular weight is 430 g/mol. The second-order valence-electron chi connectivity index (χ2n) is 7.56. The Labute approximate surface area is 178 Å². The van der Waals surface area contributed by atoms with E-state index < -0.39 is 22.2 Å². The van der Waals surface area contributed by atoms with Crippen LogP contribution in [0.4, 0.5) is 0 Å². The third kappa shape index (κ3) is 5.07. The number of hydrogen-bond donors (Lipinski definition) is 0. The Morgan fingerprint density at radius 3 is 2.40 bits per heavy atom. The van der Waals surface area contributed by atoms with Gasteiger partial charge in [0.2, 0.25) is 0 Å². The molecule has 0 aromatic rings. The van der Waals surface area contributed by atoms with E-state index >= 15 is 0 Å². The van der Waals surface area contributed by atoms with Crippen LogP contribution in [-0.4, -0.2) is 27.1 Å². The molecule has 7 heteroatoms. The van der Waals surface area contributed by atoms with Gasteiger partial charge in [-0.25, -0.2) is 4.79 Å². The van der Waals surface area contributed by atoms with E-state index in [0.29, 0.717) is 16.7 Å². The molecule has 0 spiro atoms. The van der Waals surface area contributed by atoms with Crippen molar-refractivity contribution in [3.63, 3.8) is 0 Å². The van der Waals surface area contributed by atoms with Crippen LogP contribution < -0.4 is 0 Å². The summed E-state index contributed by atoms with van der Waals surface area (Å²) >= 11 is 0. The number of aryl methyl sites for hydroxylation is 1. The molecule has 0 radical (unpaired) electrons. The van der Waals surface area contributed by atoms with Gasteiger partial charge in [-0.3, -0.25) is 4.18 Å². The Balaban J connectivity index is 2.87. The third-order valence-electron chi connectivity index (χ3n) is 4.52. The predicted molar refractivity (Wildman–Crippen MR) is 116 cm³/mol. The molecule has 0 saturated heterocycles. The summed E-state index contributed by atoms with van der Waals surface area (Å²) in [5.74, 6) is -0.558. The van der Waals surface area contributed by atoms with Gasteiger partial charge < -0.3 is 4.74 Å². The van der Waals surface area contributed by atoms with Crippen LogP contribution in [0.1, 0.15) is 57.2 Å². The first-order valence-electron chi connectivity index (χ1n) is 9.81. The molecular formula is C23H27NO5S. The number of hydrogen-bond acceptors (Lipinski definition) is 6. The molecule has 0 heterocycles. The second-order valence-corrected chi connectivity index (χ2v) is 9.10. The normalized spacial score (nSPS) is 12.4. The van der Waals surface area contributed by atoms with Crippen LogP contribution in [0.3, 0.4) is 0 Å². The van der Waals surface area contributed by atoms with Crippen LogP contribution in [0.25, 0.3) is 17.2 Å². The summed E-state index contributed by atoms with van der Waals surface area (Å²) in [6, 6.07) is 9.02. The first kappa shape index (κ1) is 23.6. The summed E-state index contributed by atoms with van der Waals surface area (Å²) < 4.78 is 36.0. The van der Waals surface area contributed by atoms with Crippen molar-refractivity contribution < 1.29 is 22.1 Å². The minimum atomic E-state index is -4.05. The van der Waals surface area contributed by atoms with Crippen LogP contribution in [0.15, 0.2) is 34.7 Å². The number of rotatable bonds is 7.